The van der Waals surface area contributed by atoms with Crippen LogP contribution in [0, 0.1) is 0 Å². The lowest BCUT2D eigenvalue weighted by atomic mass is 10.1. The molecule has 0 aromatic carbocycles. The Hall–Kier alpha value is -2.11. The van der Waals surface area contributed by atoms with Crippen molar-refractivity contribution in [3.05, 3.63) is 53.7 Å². The Bertz CT molecular complexity index is 531. The minimum atomic E-state index is -4.67. The van der Waals surface area contributed by atoms with Crippen molar-refractivity contribution in [1.82, 2.24) is 4.98 Å². The molecule has 1 rings (SSSR count). The first-order chi connectivity index (χ1) is 8.73. The molecular formula is C13H13F3N2O. The number of hydrogen-bond acceptors (Lipinski definition) is 3. The molecule has 0 radical (unpaired) electrons. The van der Waals surface area contributed by atoms with Crippen LogP contribution in [-0.2, 0) is 0 Å². The van der Waals surface area contributed by atoms with Gasteiger partial charge >= 0.3 is 6.18 Å². The van der Waals surface area contributed by atoms with Crippen LogP contribution in [0.3, 0.4) is 0 Å². The molecule has 1 heterocycles. The Kier molecular flexibility index (Phi) is 4.47. The minimum Gasteiger partial charge on any atom is -0.508 e. The molecule has 0 unspecified atom stereocenters. The van der Waals surface area contributed by atoms with E-state index in [1.54, 1.807) is 12.1 Å². The first-order valence-electron chi connectivity index (χ1n) is 5.35. The van der Waals surface area contributed by atoms with E-state index in [0.717, 1.165) is 6.92 Å². The number of nitrogens with zero attached hydrogens (tertiary/aromatic N) is 2. The third kappa shape index (κ3) is 3.94. The van der Waals surface area contributed by atoms with Gasteiger partial charge in [-0.15, -0.1) is 0 Å². The van der Waals surface area contributed by atoms with Crippen molar-refractivity contribution in [3.8, 4) is 0 Å². The number of halogens is 3. The predicted octanol–water partition coefficient (Wildman–Crippen LogP) is 3.80. The lowest BCUT2D eigenvalue weighted by Gasteiger charge is -2.12. The van der Waals surface area contributed by atoms with Gasteiger partial charge in [-0.25, -0.2) is 4.99 Å². The quantitative estimate of drug-likeness (QED) is 0.516. The van der Waals surface area contributed by atoms with Crippen molar-refractivity contribution in [2.75, 3.05) is 0 Å². The van der Waals surface area contributed by atoms with Gasteiger partial charge in [0.1, 0.15) is 5.76 Å². The molecule has 0 amide bonds. The van der Waals surface area contributed by atoms with Crippen molar-refractivity contribution in [1.29, 1.82) is 0 Å². The molecule has 0 saturated carbocycles. The summed E-state index contributed by atoms with van der Waals surface area (Å²) in [5.74, 6) is -0.657. The van der Waals surface area contributed by atoms with Crippen LogP contribution in [0.4, 0.5) is 13.2 Å². The number of rotatable bonds is 3. The smallest absolute Gasteiger partial charge is 0.433 e. The molecule has 1 N–H and O–H groups in total. The third-order valence-corrected chi connectivity index (χ3v) is 2.42. The molecular weight excluding hydrogens is 257 g/mol. The van der Waals surface area contributed by atoms with E-state index in [9.17, 15) is 13.2 Å². The van der Waals surface area contributed by atoms with Gasteiger partial charge in [0, 0.05) is 29.2 Å². The number of aliphatic hydroxyl groups is 1. The molecule has 0 aliphatic heterocycles. The van der Waals surface area contributed by atoms with Gasteiger partial charge in [-0.05, 0) is 19.9 Å². The topological polar surface area (TPSA) is 45.5 Å². The van der Waals surface area contributed by atoms with Crippen LogP contribution in [-0.4, -0.2) is 22.0 Å². The van der Waals surface area contributed by atoms with Crippen molar-refractivity contribution >= 4 is 5.71 Å². The number of hydrogen-bond donors (Lipinski definition) is 1. The largest absolute Gasteiger partial charge is 0.508 e. The average Bonchev–Trinajstić information content (AvgIpc) is 2.34. The predicted molar refractivity (Wildman–Crippen MR) is 67.0 cm³/mol. The molecule has 1 aromatic heterocycles. The number of alkyl halides is 3. The van der Waals surface area contributed by atoms with Crippen molar-refractivity contribution in [3.63, 3.8) is 0 Å². The van der Waals surface area contributed by atoms with Gasteiger partial charge in [0.2, 0.25) is 0 Å². The summed E-state index contributed by atoms with van der Waals surface area (Å²) >= 11 is 0. The molecule has 19 heavy (non-hydrogen) atoms. The molecule has 1 aromatic rings. The Morgan fingerprint density at radius 2 is 2.00 bits per heavy atom. The zero-order chi connectivity index (χ0) is 14.6. The van der Waals surface area contributed by atoms with E-state index >= 15 is 0 Å². The van der Waals surface area contributed by atoms with Gasteiger partial charge in [0.15, 0.2) is 5.70 Å². The van der Waals surface area contributed by atoms with Gasteiger partial charge in [-0.3, -0.25) is 4.98 Å². The number of allylic oxidation sites excluding steroid dienone is 2. The van der Waals surface area contributed by atoms with Crippen molar-refractivity contribution in [2.24, 2.45) is 4.99 Å². The highest BCUT2D eigenvalue weighted by Crippen LogP contribution is 2.31. The molecule has 0 aliphatic rings. The van der Waals surface area contributed by atoms with Gasteiger partial charge in [0.05, 0.1) is 0 Å². The van der Waals surface area contributed by atoms with Gasteiger partial charge in [-0.2, -0.15) is 13.2 Å². The standard InChI is InChI=1S/C13H13F3N2O/c1-8(10(3)19)12(13(14,15)16)18-9(2)11-5-4-6-17-7-11/h4-7,19H,3H2,1-2H3/b12-8+,18-9+. The molecule has 0 spiro atoms. The lowest BCUT2D eigenvalue weighted by molar-refractivity contribution is -0.0932. The molecule has 0 saturated heterocycles. The fourth-order valence-corrected chi connectivity index (χ4v) is 1.31. The summed E-state index contributed by atoms with van der Waals surface area (Å²) in [5.41, 5.74) is -0.946. The van der Waals surface area contributed by atoms with E-state index in [-0.39, 0.29) is 5.71 Å². The van der Waals surface area contributed by atoms with Gasteiger partial charge < -0.3 is 5.11 Å². The summed E-state index contributed by atoms with van der Waals surface area (Å²) in [4.78, 5) is 7.36. The Morgan fingerprint density at radius 3 is 2.42 bits per heavy atom. The first kappa shape index (κ1) is 14.9. The molecule has 3 nitrogen and oxygen atoms in total. The van der Waals surface area contributed by atoms with Crippen LogP contribution in [0.5, 0.6) is 0 Å². The number of aromatic nitrogens is 1. The lowest BCUT2D eigenvalue weighted by Crippen LogP contribution is -2.14. The number of aliphatic imine (C=N–C) groups is 1. The van der Waals surface area contributed by atoms with Gasteiger partial charge in [-0.1, -0.05) is 12.6 Å². The summed E-state index contributed by atoms with van der Waals surface area (Å²) in [5, 5.41) is 9.10. The van der Waals surface area contributed by atoms with E-state index < -0.39 is 23.2 Å². The Morgan fingerprint density at radius 1 is 1.37 bits per heavy atom. The monoisotopic (exact) mass is 270 g/mol. The summed E-state index contributed by atoms with van der Waals surface area (Å²) in [6.45, 7) is 5.64. The molecule has 0 fully saturated rings. The highest BCUT2D eigenvalue weighted by atomic mass is 19.4. The van der Waals surface area contributed by atoms with E-state index in [0.29, 0.717) is 5.56 Å². The Balaban J connectivity index is 3.31. The van der Waals surface area contributed by atoms with Crippen LogP contribution >= 0.6 is 0 Å². The molecule has 0 bridgehead atoms. The van der Waals surface area contributed by atoms with Crippen LogP contribution in [0.1, 0.15) is 19.4 Å². The minimum absolute atomic E-state index is 0.154. The fraction of sp³-hybridized carbons (Fsp3) is 0.231. The normalized spacial score (nSPS) is 14.1. The van der Waals surface area contributed by atoms with Gasteiger partial charge in [0.25, 0.3) is 0 Å². The highest BCUT2D eigenvalue weighted by molar-refractivity contribution is 5.99. The molecule has 102 valence electrons. The van der Waals surface area contributed by atoms with Crippen LogP contribution in [0.2, 0.25) is 0 Å². The maximum atomic E-state index is 12.9. The second kappa shape index (κ2) is 5.69. The maximum absolute atomic E-state index is 12.9. The average molecular weight is 270 g/mol. The van der Waals surface area contributed by atoms with Crippen molar-refractivity contribution < 1.29 is 18.3 Å². The van der Waals surface area contributed by atoms with Crippen LogP contribution in [0.25, 0.3) is 0 Å². The second-order valence-corrected chi connectivity index (χ2v) is 3.86. The molecule has 0 aliphatic carbocycles. The molecule has 6 heteroatoms. The van der Waals surface area contributed by atoms with Crippen LogP contribution in [0.15, 0.2) is 53.1 Å². The first-order valence-corrected chi connectivity index (χ1v) is 5.35. The number of pyridine rings is 1. The van der Waals surface area contributed by atoms with E-state index in [1.165, 1.54) is 19.3 Å². The second-order valence-electron chi connectivity index (χ2n) is 3.86. The van der Waals surface area contributed by atoms with Crippen LogP contribution < -0.4 is 0 Å². The summed E-state index contributed by atoms with van der Waals surface area (Å²) < 4.78 is 38.6. The SMILES string of the molecule is C=C(O)/C(C)=C(/N=C(\C)c1cccnc1)C(F)(F)F. The molecule has 0 atom stereocenters. The van der Waals surface area contributed by atoms with E-state index in [1.807, 2.05) is 0 Å². The summed E-state index contributed by atoms with van der Waals surface area (Å²) in [7, 11) is 0. The Labute approximate surface area is 108 Å². The van der Waals surface area contributed by atoms with E-state index in [4.69, 9.17) is 5.11 Å². The zero-order valence-electron chi connectivity index (χ0n) is 10.5. The third-order valence-electron chi connectivity index (χ3n) is 2.42. The van der Waals surface area contributed by atoms with E-state index in [2.05, 4.69) is 16.6 Å². The fourth-order valence-electron chi connectivity index (χ4n) is 1.31. The highest BCUT2D eigenvalue weighted by Gasteiger charge is 2.36. The summed E-state index contributed by atoms with van der Waals surface area (Å²) in [6, 6.07) is 3.20. The van der Waals surface area contributed by atoms with Crippen molar-refractivity contribution in [2.45, 2.75) is 20.0 Å². The maximum Gasteiger partial charge on any atom is 0.433 e. The summed E-state index contributed by atoms with van der Waals surface area (Å²) in [6.07, 6.45) is -1.74. The zero-order valence-corrected chi connectivity index (χ0v) is 10.5. The number of aliphatic hydroxyl groups excluding tert-OH is 1.